The van der Waals surface area contributed by atoms with Gasteiger partial charge in [0.05, 0.1) is 19.6 Å². The van der Waals surface area contributed by atoms with Crippen molar-refractivity contribution in [3.8, 4) is 51.4 Å². The fraction of sp³-hybridized carbons (Fsp3) is 0.0625. The Bertz CT molecular complexity index is 1960. The molecule has 41 heavy (non-hydrogen) atoms. The summed E-state index contributed by atoms with van der Waals surface area (Å²) in [7, 11) is 2.76. The van der Waals surface area contributed by atoms with Crippen molar-refractivity contribution in [3.05, 3.63) is 111 Å². The molecule has 3 N–H and O–H groups in total. The van der Waals surface area contributed by atoms with E-state index < -0.39 is 5.43 Å². The summed E-state index contributed by atoms with van der Waals surface area (Å²) < 4.78 is 21.5. The highest BCUT2D eigenvalue weighted by atomic mass is 16.5. The molecule has 0 amide bonds. The molecule has 206 valence electrons. The summed E-state index contributed by atoms with van der Waals surface area (Å²) in [6.07, 6.45) is 0. The molecule has 6 rings (SSSR count). The lowest BCUT2D eigenvalue weighted by atomic mass is 10.1. The Kier molecular flexibility index (Phi) is 7.34. The second-order valence-corrected chi connectivity index (χ2v) is 8.88. The first-order valence-corrected chi connectivity index (χ1v) is 12.3. The minimum absolute atomic E-state index is 0.00861. The van der Waals surface area contributed by atoms with E-state index in [0.29, 0.717) is 22.3 Å². The predicted octanol–water partition coefficient (Wildman–Crippen LogP) is 6.05. The number of fused-ring (bicyclic) bond motifs is 2. The molecule has 0 fully saturated rings. The third kappa shape index (κ3) is 5.41. The minimum atomic E-state index is -0.477. The number of ether oxygens (including phenoxy) is 2. The van der Waals surface area contributed by atoms with Crippen molar-refractivity contribution < 1.29 is 33.6 Å². The lowest BCUT2D eigenvalue weighted by Gasteiger charge is -2.11. The highest BCUT2D eigenvalue weighted by Crippen LogP contribution is 2.41. The molecule has 0 bridgehead atoms. The van der Waals surface area contributed by atoms with E-state index >= 15 is 0 Å². The molecule has 4 aromatic carbocycles. The summed E-state index contributed by atoms with van der Waals surface area (Å²) in [5, 5.41) is 29.9. The second kappa shape index (κ2) is 11.2. The van der Waals surface area contributed by atoms with Crippen LogP contribution in [0.3, 0.4) is 0 Å². The number of phenolic OH excluding ortho intramolecular Hbond substituents is 3. The van der Waals surface area contributed by atoms with Crippen LogP contribution in [0.1, 0.15) is 0 Å². The molecule has 0 saturated carbocycles. The third-order valence-corrected chi connectivity index (χ3v) is 6.25. The van der Waals surface area contributed by atoms with Crippen LogP contribution in [0.15, 0.2) is 109 Å². The minimum Gasteiger partial charge on any atom is -0.508 e. The van der Waals surface area contributed by atoms with Crippen molar-refractivity contribution in [2.24, 2.45) is 0 Å². The van der Waals surface area contributed by atoms with Crippen LogP contribution < -0.4 is 20.3 Å². The van der Waals surface area contributed by atoms with Gasteiger partial charge in [-0.25, -0.2) is 0 Å². The summed E-state index contributed by atoms with van der Waals surface area (Å²) >= 11 is 0. The third-order valence-electron chi connectivity index (χ3n) is 6.25. The van der Waals surface area contributed by atoms with Gasteiger partial charge in [-0.05, 0) is 24.3 Å². The number of hydrogen-bond acceptors (Lipinski definition) is 9. The number of phenols is 3. The lowest BCUT2D eigenvalue weighted by Crippen LogP contribution is -2.01. The number of hydrogen-bond donors (Lipinski definition) is 3. The van der Waals surface area contributed by atoms with Crippen LogP contribution >= 0.6 is 0 Å². The highest BCUT2D eigenvalue weighted by Gasteiger charge is 2.16. The smallest absolute Gasteiger partial charge is 0.200 e. The molecule has 2 aromatic heterocycles. The Labute approximate surface area is 232 Å². The molecule has 0 saturated heterocycles. The first-order valence-electron chi connectivity index (χ1n) is 12.3. The maximum atomic E-state index is 12.3. The largest absolute Gasteiger partial charge is 0.508 e. The molecule has 0 unspecified atom stereocenters. The van der Waals surface area contributed by atoms with Gasteiger partial charge in [0, 0.05) is 35.4 Å². The summed E-state index contributed by atoms with van der Waals surface area (Å²) in [4.78, 5) is 24.2. The van der Waals surface area contributed by atoms with Crippen LogP contribution in [0.5, 0.6) is 28.7 Å². The zero-order valence-electron chi connectivity index (χ0n) is 22.0. The van der Waals surface area contributed by atoms with E-state index in [-0.39, 0.29) is 50.9 Å². The summed E-state index contributed by atoms with van der Waals surface area (Å²) in [6.45, 7) is 0. The highest BCUT2D eigenvalue weighted by molar-refractivity contribution is 5.86. The van der Waals surface area contributed by atoms with Crippen molar-refractivity contribution in [3.63, 3.8) is 0 Å². The van der Waals surface area contributed by atoms with Crippen LogP contribution in [0, 0.1) is 0 Å². The zero-order valence-corrected chi connectivity index (χ0v) is 22.0. The number of rotatable bonds is 4. The van der Waals surface area contributed by atoms with E-state index in [1.54, 1.807) is 6.07 Å². The van der Waals surface area contributed by atoms with E-state index in [0.717, 1.165) is 11.6 Å². The average molecular weight is 553 g/mol. The first-order chi connectivity index (χ1) is 19.8. The first kappa shape index (κ1) is 26.9. The lowest BCUT2D eigenvalue weighted by molar-refractivity contribution is 0.340. The topological polar surface area (TPSA) is 140 Å². The van der Waals surface area contributed by atoms with Gasteiger partial charge in [0.2, 0.25) is 5.75 Å². The fourth-order valence-corrected chi connectivity index (χ4v) is 4.28. The Hall–Kier alpha value is -5.70. The summed E-state index contributed by atoms with van der Waals surface area (Å²) in [5.41, 5.74) is 1.50. The Morgan fingerprint density at radius 1 is 0.610 bits per heavy atom. The van der Waals surface area contributed by atoms with Crippen LogP contribution in [0.4, 0.5) is 0 Å². The quantitative estimate of drug-likeness (QED) is 0.238. The molecule has 0 radical (unpaired) electrons. The van der Waals surface area contributed by atoms with Gasteiger partial charge in [0.1, 0.15) is 39.6 Å². The van der Waals surface area contributed by atoms with Gasteiger partial charge in [-0.15, -0.1) is 0 Å². The molecule has 0 spiro atoms. The van der Waals surface area contributed by atoms with Crippen LogP contribution in [0.25, 0.3) is 44.6 Å². The maximum Gasteiger partial charge on any atom is 0.200 e. The average Bonchev–Trinajstić information content (AvgIpc) is 2.97. The number of benzene rings is 4. The molecule has 9 nitrogen and oxygen atoms in total. The second-order valence-electron chi connectivity index (χ2n) is 8.88. The fourth-order valence-electron chi connectivity index (χ4n) is 4.28. The normalized spacial score (nSPS) is 10.7. The van der Waals surface area contributed by atoms with Crippen LogP contribution in [-0.2, 0) is 0 Å². The van der Waals surface area contributed by atoms with Crippen LogP contribution in [0.2, 0.25) is 0 Å². The van der Waals surface area contributed by atoms with Gasteiger partial charge in [0.15, 0.2) is 22.4 Å². The monoisotopic (exact) mass is 552 g/mol. The molecular formula is C32H24O9. The van der Waals surface area contributed by atoms with E-state index in [1.165, 1.54) is 44.6 Å². The van der Waals surface area contributed by atoms with Gasteiger partial charge >= 0.3 is 0 Å². The predicted molar refractivity (Wildman–Crippen MR) is 154 cm³/mol. The zero-order chi connectivity index (χ0) is 29.1. The molecular weight excluding hydrogens is 528 g/mol. The standard InChI is InChI=1S/C17H14O7.C15H10O2/c1-22-14-3-8(4-15(23-2)17(14)21)12-7-11(20)16-10(19)5-9(18)6-13(16)24-12;16-13-10-15(11-6-2-1-3-7-11)17-14-9-5-4-8-12(13)14/h3-7,18-19,21H,1-2H3;1-10H. The van der Waals surface area contributed by atoms with E-state index in [1.807, 2.05) is 48.5 Å². The van der Waals surface area contributed by atoms with Crippen LogP contribution in [-0.4, -0.2) is 29.5 Å². The number of aromatic hydroxyl groups is 3. The summed E-state index contributed by atoms with van der Waals surface area (Å²) in [6, 6.07) is 24.9. The van der Waals surface area contributed by atoms with Gasteiger partial charge in [-0.2, -0.15) is 0 Å². The van der Waals surface area contributed by atoms with Gasteiger partial charge in [0.25, 0.3) is 0 Å². The summed E-state index contributed by atoms with van der Waals surface area (Å²) in [5.74, 6) is 0.273. The Balaban J connectivity index is 0.000000174. The Morgan fingerprint density at radius 2 is 1.20 bits per heavy atom. The maximum absolute atomic E-state index is 12.3. The van der Waals surface area contributed by atoms with Crippen molar-refractivity contribution in [2.45, 2.75) is 0 Å². The molecule has 0 atom stereocenters. The van der Waals surface area contributed by atoms with Crippen molar-refractivity contribution in [1.82, 2.24) is 0 Å². The molecule has 0 aliphatic carbocycles. The van der Waals surface area contributed by atoms with Gasteiger partial charge in [-0.3, -0.25) is 9.59 Å². The van der Waals surface area contributed by atoms with Crippen molar-refractivity contribution in [2.75, 3.05) is 14.2 Å². The molecule has 0 aliphatic rings. The van der Waals surface area contributed by atoms with Gasteiger partial charge in [-0.1, -0.05) is 42.5 Å². The molecule has 6 aromatic rings. The van der Waals surface area contributed by atoms with E-state index in [9.17, 15) is 24.9 Å². The SMILES string of the molecule is COc1cc(-c2cc(=O)c3c(O)cc(O)cc3o2)cc(OC)c1O.O=c1cc(-c2ccccc2)oc2ccccc12. The number of methoxy groups -OCH3 is 2. The molecule has 9 heteroatoms. The van der Waals surface area contributed by atoms with Crippen molar-refractivity contribution >= 4 is 21.9 Å². The Morgan fingerprint density at radius 3 is 1.88 bits per heavy atom. The molecule has 2 heterocycles. The van der Waals surface area contributed by atoms with E-state index in [2.05, 4.69) is 0 Å². The van der Waals surface area contributed by atoms with E-state index in [4.69, 9.17) is 18.3 Å². The van der Waals surface area contributed by atoms with Crippen molar-refractivity contribution in [1.29, 1.82) is 0 Å². The van der Waals surface area contributed by atoms with Gasteiger partial charge < -0.3 is 33.6 Å². The number of para-hydroxylation sites is 1. The molecule has 0 aliphatic heterocycles.